The molecule has 0 spiro atoms. The highest BCUT2D eigenvalue weighted by atomic mass is 19.4. The van der Waals surface area contributed by atoms with Crippen molar-refractivity contribution in [3.8, 4) is 5.75 Å². The van der Waals surface area contributed by atoms with Crippen LogP contribution in [0, 0.1) is 0 Å². The van der Waals surface area contributed by atoms with Crippen molar-refractivity contribution in [2.45, 2.75) is 44.8 Å². The van der Waals surface area contributed by atoms with Gasteiger partial charge in [0, 0.05) is 18.7 Å². The number of likely N-dealkylation sites (tertiary alicyclic amines) is 1. The average molecular weight is 372 g/mol. The largest absolute Gasteiger partial charge is 0.483 e. The van der Waals surface area contributed by atoms with E-state index in [0.717, 1.165) is 25.9 Å². The molecule has 0 aliphatic carbocycles. The van der Waals surface area contributed by atoms with Crippen molar-refractivity contribution in [3.63, 3.8) is 0 Å². The van der Waals surface area contributed by atoms with Gasteiger partial charge in [0.15, 0.2) is 6.61 Å². The second kappa shape index (κ2) is 8.91. The van der Waals surface area contributed by atoms with Crippen molar-refractivity contribution >= 4 is 11.8 Å². The summed E-state index contributed by atoms with van der Waals surface area (Å²) in [7, 11) is 0. The summed E-state index contributed by atoms with van der Waals surface area (Å²) in [5, 5.41) is 2.39. The van der Waals surface area contributed by atoms with E-state index in [1.807, 2.05) is 0 Å². The number of carbonyl (C=O) groups excluding carboxylic acids is 2. The number of para-hydroxylation sites is 1. The van der Waals surface area contributed by atoms with Crippen LogP contribution in [0.25, 0.3) is 0 Å². The minimum absolute atomic E-state index is 0.119. The number of nitrogens with one attached hydrogen (secondary N) is 1. The third-order valence-corrected chi connectivity index (χ3v) is 4.21. The van der Waals surface area contributed by atoms with Gasteiger partial charge in [0.2, 0.25) is 5.91 Å². The monoisotopic (exact) mass is 372 g/mol. The molecule has 1 unspecified atom stereocenters. The molecule has 1 N–H and O–H groups in total. The predicted octanol–water partition coefficient (Wildman–Crippen LogP) is 3.21. The number of alkyl halides is 3. The molecule has 0 saturated carbocycles. The smallest absolute Gasteiger partial charge is 0.397 e. The van der Waals surface area contributed by atoms with Crippen molar-refractivity contribution < 1.29 is 27.5 Å². The normalized spacial score (nSPS) is 15.6. The number of amides is 2. The van der Waals surface area contributed by atoms with Gasteiger partial charge in [-0.25, -0.2) is 0 Å². The van der Waals surface area contributed by atoms with Crippen LogP contribution in [-0.2, 0) is 9.59 Å². The fourth-order valence-electron chi connectivity index (χ4n) is 2.92. The molecule has 144 valence electrons. The molecule has 1 heterocycles. The lowest BCUT2D eigenvalue weighted by molar-refractivity contribution is -0.154. The Hall–Kier alpha value is -2.25. The zero-order valence-electron chi connectivity index (χ0n) is 14.6. The maximum atomic E-state index is 12.4. The number of hydrogen-bond acceptors (Lipinski definition) is 3. The minimum atomic E-state index is -4.56. The Bertz CT molecular complexity index is 628. The Kier molecular flexibility index (Phi) is 6.88. The topological polar surface area (TPSA) is 58.6 Å². The number of rotatable bonds is 7. The van der Waals surface area contributed by atoms with Gasteiger partial charge in [-0.05, 0) is 25.3 Å². The molecule has 2 rings (SSSR count). The van der Waals surface area contributed by atoms with E-state index in [4.69, 9.17) is 4.74 Å². The molecule has 1 aromatic rings. The molecular weight excluding hydrogens is 349 g/mol. The first-order valence-electron chi connectivity index (χ1n) is 8.65. The van der Waals surface area contributed by atoms with Gasteiger partial charge >= 0.3 is 6.18 Å². The molecule has 1 saturated heterocycles. The highest BCUT2D eigenvalue weighted by molar-refractivity contribution is 5.78. The van der Waals surface area contributed by atoms with Crippen molar-refractivity contribution in [2.75, 3.05) is 19.7 Å². The van der Waals surface area contributed by atoms with E-state index in [1.165, 1.54) is 0 Å². The van der Waals surface area contributed by atoms with Gasteiger partial charge in [-0.3, -0.25) is 9.59 Å². The Morgan fingerprint density at radius 3 is 2.50 bits per heavy atom. The van der Waals surface area contributed by atoms with Crippen molar-refractivity contribution in [3.05, 3.63) is 29.8 Å². The Labute approximate surface area is 150 Å². The molecule has 1 aliphatic rings. The summed E-state index contributed by atoms with van der Waals surface area (Å²) < 4.78 is 42.7. The van der Waals surface area contributed by atoms with Gasteiger partial charge in [-0.1, -0.05) is 25.1 Å². The number of nitrogens with zero attached hydrogens (tertiary/aromatic N) is 1. The second-order valence-electron chi connectivity index (χ2n) is 6.23. The van der Waals surface area contributed by atoms with Gasteiger partial charge < -0.3 is 15.0 Å². The molecule has 1 aliphatic heterocycles. The van der Waals surface area contributed by atoms with Gasteiger partial charge in [-0.15, -0.1) is 0 Å². The van der Waals surface area contributed by atoms with Crippen LogP contribution in [0.1, 0.15) is 44.2 Å². The Balaban J connectivity index is 2.03. The van der Waals surface area contributed by atoms with Gasteiger partial charge in [0.25, 0.3) is 5.91 Å². The number of carbonyl (C=O) groups is 2. The molecule has 2 amide bonds. The van der Waals surface area contributed by atoms with Crippen LogP contribution in [0.2, 0.25) is 0 Å². The maximum absolute atomic E-state index is 12.4. The fourth-order valence-corrected chi connectivity index (χ4v) is 2.92. The fraction of sp³-hybridized carbons (Fsp3) is 0.556. The maximum Gasteiger partial charge on any atom is 0.397 e. The summed E-state index contributed by atoms with van der Waals surface area (Å²) in [6, 6.07) is 6.12. The predicted molar refractivity (Wildman–Crippen MR) is 89.6 cm³/mol. The summed E-state index contributed by atoms with van der Waals surface area (Å²) >= 11 is 0. The molecule has 5 nitrogen and oxygen atoms in total. The van der Waals surface area contributed by atoms with E-state index in [9.17, 15) is 22.8 Å². The van der Waals surface area contributed by atoms with Crippen LogP contribution in [0.3, 0.4) is 0 Å². The first kappa shape index (κ1) is 20.1. The lowest BCUT2D eigenvalue weighted by Gasteiger charge is -2.22. The highest BCUT2D eigenvalue weighted by Gasteiger charge is 2.32. The molecular formula is C18H23F3N2O3. The van der Waals surface area contributed by atoms with E-state index in [-0.39, 0.29) is 12.5 Å². The summed E-state index contributed by atoms with van der Waals surface area (Å²) in [5.74, 6) is -0.821. The zero-order valence-corrected chi connectivity index (χ0v) is 14.6. The molecule has 1 aromatic carbocycles. The van der Waals surface area contributed by atoms with Crippen LogP contribution in [0.4, 0.5) is 13.2 Å². The van der Waals surface area contributed by atoms with E-state index < -0.39 is 24.5 Å². The molecule has 0 bridgehead atoms. The molecule has 8 heteroatoms. The molecule has 1 fully saturated rings. The van der Waals surface area contributed by atoms with Gasteiger partial charge in [0.1, 0.15) is 12.2 Å². The second-order valence-corrected chi connectivity index (χ2v) is 6.23. The summed E-state index contributed by atoms with van der Waals surface area (Å²) in [6.45, 7) is 3.05. The molecule has 0 aromatic heterocycles. The Morgan fingerprint density at radius 1 is 1.23 bits per heavy atom. The SMILES string of the molecule is CCC(NC(=O)CC(F)(F)F)c1ccccc1OCC(=O)N1CCCC1. The summed E-state index contributed by atoms with van der Waals surface area (Å²) in [5.41, 5.74) is 0.555. The van der Waals surface area contributed by atoms with Crippen LogP contribution in [-0.4, -0.2) is 42.6 Å². The molecule has 1 atom stereocenters. The first-order valence-corrected chi connectivity index (χ1v) is 8.65. The lowest BCUT2D eigenvalue weighted by atomic mass is 10.0. The van der Waals surface area contributed by atoms with Gasteiger partial charge in [0.05, 0.1) is 6.04 Å². The average Bonchev–Trinajstić information content (AvgIpc) is 3.11. The highest BCUT2D eigenvalue weighted by Crippen LogP contribution is 2.28. The first-order chi connectivity index (χ1) is 12.3. The third-order valence-electron chi connectivity index (χ3n) is 4.21. The van der Waals surface area contributed by atoms with Crippen LogP contribution >= 0.6 is 0 Å². The number of halogens is 3. The summed E-state index contributed by atoms with van der Waals surface area (Å²) in [6.07, 6.45) is -3.73. The van der Waals surface area contributed by atoms with Crippen molar-refractivity contribution in [1.29, 1.82) is 0 Å². The van der Waals surface area contributed by atoms with Gasteiger partial charge in [-0.2, -0.15) is 13.2 Å². The van der Waals surface area contributed by atoms with Crippen molar-refractivity contribution in [1.82, 2.24) is 10.2 Å². The number of hydrogen-bond donors (Lipinski definition) is 1. The molecule has 26 heavy (non-hydrogen) atoms. The van der Waals surface area contributed by atoms with E-state index in [1.54, 1.807) is 36.1 Å². The van der Waals surface area contributed by atoms with E-state index in [2.05, 4.69) is 5.32 Å². The van der Waals surface area contributed by atoms with Crippen LogP contribution in [0.15, 0.2) is 24.3 Å². The molecule has 0 radical (unpaired) electrons. The standard InChI is InChI=1S/C18H23F3N2O3/c1-2-14(22-16(24)11-18(19,20)21)13-7-3-4-8-15(13)26-12-17(25)23-9-5-6-10-23/h3-4,7-8,14H,2,5-6,9-12H2,1H3,(H,22,24). The van der Waals surface area contributed by atoms with Crippen molar-refractivity contribution in [2.24, 2.45) is 0 Å². The zero-order chi connectivity index (χ0) is 19.2. The van der Waals surface area contributed by atoms with Crippen LogP contribution < -0.4 is 10.1 Å². The summed E-state index contributed by atoms with van der Waals surface area (Å²) in [4.78, 5) is 25.5. The number of ether oxygens (including phenoxy) is 1. The Morgan fingerprint density at radius 2 is 1.88 bits per heavy atom. The number of benzene rings is 1. The minimum Gasteiger partial charge on any atom is -0.483 e. The lowest BCUT2D eigenvalue weighted by Crippen LogP contribution is -2.33. The van der Waals surface area contributed by atoms with E-state index >= 15 is 0 Å². The quantitative estimate of drug-likeness (QED) is 0.800. The van der Waals surface area contributed by atoms with E-state index in [0.29, 0.717) is 17.7 Å². The third kappa shape index (κ3) is 5.93. The van der Waals surface area contributed by atoms with Crippen LogP contribution in [0.5, 0.6) is 5.75 Å².